The molecule has 1 aliphatic heterocycles. The molecule has 1 amide bonds. The number of likely N-dealkylation sites (N-methyl/N-ethyl adjacent to an activating group) is 1. The highest BCUT2D eigenvalue weighted by atomic mass is 35.5. The van der Waals surface area contributed by atoms with E-state index in [1.165, 1.54) is 27.4 Å². The molecule has 3 rings (SSSR count). The Hall–Kier alpha value is -2.46. The van der Waals surface area contributed by atoms with Crippen LogP contribution in [0.2, 0.25) is 5.02 Å². The number of carbonyl (C=O) groups excluding carboxylic acids is 2. The van der Waals surface area contributed by atoms with E-state index >= 15 is 0 Å². The summed E-state index contributed by atoms with van der Waals surface area (Å²) in [4.78, 5) is 26.4. The molecule has 172 valence electrons. The number of ether oxygens (including phenoxy) is 2. The van der Waals surface area contributed by atoms with Crippen molar-refractivity contribution in [2.45, 2.75) is 18.4 Å². The molecule has 2 aromatic carbocycles. The van der Waals surface area contributed by atoms with Crippen LogP contribution in [0.1, 0.15) is 21.5 Å². The van der Waals surface area contributed by atoms with E-state index in [1.807, 2.05) is 31.2 Å². The number of morpholine rings is 1. The van der Waals surface area contributed by atoms with Crippen LogP contribution in [-0.4, -0.2) is 69.5 Å². The number of aryl methyl sites for hydroxylation is 1. The maximum atomic E-state index is 12.8. The molecule has 0 bridgehead atoms. The van der Waals surface area contributed by atoms with Gasteiger partial charge in [0.25, 0.3) is 5.91 Å². The van der Waals surface area contributed by atoms with Crippen LogP contribution in [-0.2, 0) is 30.8 Å². The van der Waals surface area contributed by atoms with E-state index in [0.717, 1.165) is 11.1 Å². The van der Waals surface area contributed by atoms with Crippen molar-refractivity contribution in [1.29, 1.82) is 0 Å². The predicted octanol–water partition coefficient (Wildman–Crippen LogP) is 2.48. The fourth-order valence-corrected chi connectivity index (χ4v) is 4.83. The summed E-state index contributed by atoms with van der Waals surface area (Å²) in [6, 6.07) is 11.5. The van der Waals surface area contributed by atoms with E-state index in [1.54, 1.807) is 7.05 Å². The summed E-state index contributed by atoms with van der Waals surface area (Å²) < 4.78 is 37.3. The molecule has 1 aliphatic rings. The Kier molecular flexibility index (Phi) is 7.89. The Labute approximate surface area is 192 Å². The molecule has 1 saturated heterocycles. The highest BCUT2D eigenvalue weighted by molar-refractivity contribution is 7.89. The largest absolute Gasteiger partial charge is 0.452 e. The van der Waals surface area contributed by atoms with Crippen molar-refractivity contribution >= 4 is 33.5 Å². The molecule has 0 N–H and O–H groups in total. The summed E-state index contributed by atoms with van der Waals surface area (Å²) in [5.41, 5.74) is 1.92. The number of hydrogen-bond donors (Lipinski definition) is 0. The molecule has 10 heteroatoms. The van der Waals surface area contributed by atoms with Gasteiger partial charge in [-0.1, -0.05) is 35.9 Å². The number of nitrogens with zero attached hydrogens (tertiary/aromatic N) is 2. The Morgan fingerprint density at radius 2 is 1.84 bits per heavy atom. The highest BCUT2D eigenvalue weighted by Gasteiger charge is 2.28. The third-order valence-corrected chi connectivity index (χ3v) is 7.41. The maximum absolute atomic E-state index is 12.8. The number of benzene rings is 2. The van der Waals surface area contributed by atoms with Crippen LogP contribution >= 0.6 is 11.6 Å². The lowest BCUT2D eigenvalue weighted by Gasteiger charge is -2.26. The summed E-state index contributed by atoms with van der Waals surface area (Å²) in [6.07, 6.45) is 0. The first kappa shape index (κ1) is 24.2. The Morgan fingerprint density at radius 1 is 1.16 bits per heavy atom. The fourth-order valence-electron chi connectivity index (χ4n) is 3.20. The first-order valence-electron chi connectivity index (χ1n) is 10.0. The van der Waals surface area contributed by atoms with Gasteiger partial charge in [-0.3, -0.25) is 4.79 Å². The van der Waals surface area contributed by atoms with Gasteiger partial charge in [0, 0.05) is 26.7 Å². The standard InChI is InChI=1S/C22H25ClN2O6S/c1-16-5-3-4-6-17(16)14-24(2)21(26)15-31-22(27)19-13-18(7-8-20(19)23)32(28,29)25-9-11-30-12-10-25/h3-8,13H,9-12,14-15H2,1-2H3. The molecule has 8 nitrogen and oxygen atoms in total. The number of carbonyl (C=O) groups is 2. The van der Waals surface area contributed by atoms with Gasteiger partial charge >= 0.3 is 5.97 Å². The summed E-state index contributed by atoms with van der Waals surface area (Å²) >= 11 is 6.10. The van der Waals surface area contributed by atoms with E-state index in [-0.39, 0.29) is 28.6 Å². The van der Waals surface area contributed by atoms with Crippen LogP contribution in [0.4, 0.5) is 0 Å². The van der Waals surface area contributed by atoms with Crippen molar-refractivity contribution in [3.05, 3.63) is 64.2 Å². The first-order chi connectivity index (χ1) is 15.2. The van der Waals surface area contributed by atoms with E-state index in [4.69, 9.17) is 21.1 Å². The SMILES string of the molecule is Cc1ccccc1CN(C)C(=O)COC(=O)c1cc(S(=O)(=O)N2CCOCC2)ccc1Cl. The fraction of sp³-hybridized carbons (Fsp3) is 0.364. The summed E-state index contributed by atoms with van der Waals surface area (Å²) in [6.45, 7) is 2.90. The zero-order valence-corrected chi connectivity index (χ0v) is 19.5. The Morgan fingerprint density at radius 3 is 2.53 bits per heavy atom. The van der Waals surface area contributed by atoms with E-state index < -0.39 is 28.5 Å². The lowest BCUT2D eigenvalue weighted by atomic mass is 10.1. The summed E-state index contributed by atoms with van der Waals surface area (Å²) in [5.74, 6) is -1.26. The average Bonchev–Trinajstić information content (AvgIpc) is 2.79. The van der Waals surface area contributed by atoms with Gasteiger partial charge < -0.3 is 14.4 Å². The zero-order valence-electron chi connectivity index (χ0n) is 17.9. The molecular formula is C22H25ClN2O6S. The number of esters is 1. The van der Waals surface area contributed by atoms with Crippen LogP contribution < -0.4 is 0 Å². The van der Waals surface area contributed by atoms with Gasteiger partial charge in [-0.2, -0.15) is 4.31 Å². The van der Waals surface area contributed by atoms with Crippen LogP contribution in [0.3, 0.4) is 0 Å². The third-order valence-electron chi connectivity index (χ3n) is 5.19. The van der Waals surface area contributed by atoms with Gasteiger partial charge in [0.2, 0.25) is 10.0 Å². The van der Waals surface area contributed by atoms with Crippen molar-refractivity contribution in [3.63, 3.8) is 0 Å². The normalized spacial score (nSPS) is 14.7. The minimum absolute atomic E-state index is 0.0386. The smallest absolute Gasteiger partial charge is 0.340 e. The lowest BCUT2D eigenvalue weighted by Crippen LogP contribution is -2.40. The molecule has 0 unspecified atom stereocenters. The molecule has 1 fully saturated rings. The number of sulfonamides is 1. The predicted molar refractivity (Wildman–Crippen MR) is 119 cm³/mol. The second-order valence-electron chi connectivity index (χ2n) is 7.41. The van der Waals surface area contributed by atoms with Crippen molar-refractivity contribution in [1.82, 2.24) is 9.21 Å². The van der Waals surface area contributed by atoms with Gasteiger partial charge in [0.15, 0.2) is 6.61 Å². The zero-order chi connectivity index (χ0) is 23.3. The van der Waals surface area contributed by atoms with Crippen molar-refractivity contribution in [2.75, 3.05) is 40.0 Å². The monoisotopic (exact) mass is 480 g/mol. The second kappa shape index (κ2) is 10.4. The number of hydrogen-bond acceptors (Lipinski definition) is 6. The molecule has 0 saturated carbocycles. The highest BCUT2D eigenvalue weighted by Crippen LogP contribution is 2.24. The summed E-state index contributed by atoms with van der Waals surface area (Å²) in [5, 5.41) is 0.0386. The van der Waals surface area contributed by atoms with Crippen LogP contribution in [0.15, 0.2) is 47.4 Å². The Bertz CT molecular complexity index is 1100. The average molecular weight is 481 g/mol. The third kappa shape index (κ3) is 5.66. The molecule has 1 heterocycles. The van der Waals surface area contributed by atoms with E-state index in [0.29, 0.717) is 19.8 Å². The Balaban J connectivity index is 1.66. The molecular weight excluding hydrogens is 456 g/mol. The number of amides is 1. The van der Waals surface area contributed by atoms with Gasteiger partial charge in [0.1, 0.15) is 0 Å². The minimum Gasteiger partial charge on any atom is -0.452 e. The molecule has 2 aromatic rings. The van der Waals surface area contributed by atoms with Crippen LogP contribution in [0, 0.1) is 6.92 Å². The van der Waals surface area contributed by atoms with Crippen LogP contribution in [0.25, 0.3) is 0 Å². The molecule has 0 aromatic heterocycles. The summed E-state index contributed by atoms with van der Waals surface area (Å²) in [7, 11) is -2.19. The van der Waals surface area contributed by atoms with E-state index in [2.05, 4.69) is 0 Å². The van der Waals surface area contributed by atoms with Crippen molar-refractivity contribution in [3.8, 4) is 0 Å². The van der Waals surface area contributed by atoms with Crippen LogP contribution in [0.5, 0.6) is 0 Å². The molecule has 0 spiro atoms. The lowest BCUT2D eigenvalue weighted by molar-refractivity contribution is -0.133. The molecule has 0 radical (unpaired) electrons. The van der Waals surface area contributed by atoms with Crippen molar-refractivity contribution in [2.24, 2.45) is 0 Å². The van der Waals surface area contributed by atoms with Gasteiger partial charge in [-0.05, 0) is 36.2 Å². The molecule has 32 heavy (non-hydrogen) atoms. The number of halogens is 1. The second-order valence-corrected chi connectivity index (χ2v) is 9.76. The first-order valence-corrected chi connectivity index (χ1v) is 11.8. The van der Waals surface area contributed by atoms with Gasteiger partial charge in [-0.25, -0.2) is 13.2 Å². The van der Waals surface area contributed by atoms with Gasteiger partial charge in [0.05, 0.1) is 28.7 Å². The topological polar surface area (TPSA) is 93.2 Å². The molecule has 0 atom stereocenters. The minimum atomic E-state index is -3.81. The van der Waals surface area contributed by atoms with Crippen molar-refractivity contribution < 1.29 is 27.5 Å². The number of rotatable bonds is 7. The maximum Gasteiger partial charge on any atom is 0.340 e. The quantitative estimate of drug-likeness (QED) is 0.565. The van der Waals surface area contributed by atoms with Gasteiger partial charge in [-0.15, -0.1) is 0 Å². The molecule has 0 aliphatic carbocycles. The van der Waals surface area contributed by atoms with E-state index in [9.17, 15) is 18.0 Å².